The number of aromatic nitrogens is 4. The summed E-state index contributed by atoms with van der Waals surface area (Å²) in [4.78, 5) is 46.2. The largest absolute Gasteiger partial charge is 0.399 e. The lowest BCUT2D eigenvalue weighted by Gasteiger charge is -2.27. The van der Waals surface area contributed by atoms with E-state index in [-0.39, 0.29) is 24.0 Å². The molecule has 13 heteroatoms. The number of carbonyl (C=O) groups is 3. The fraction of sp³-hybridized carbons (Fsp3) is 0.222. The second-order valence-corrected chi connectivity index (χ2v) is 10.6. The third kappa shape index (κ3) is 4.89. The van der Waals surface area contributed by atoms with Crippen LogP contribution in [0.4, 0.5) is 23.1 Å². The van der Waals surface area contributed by atoms with Crippen molar-refractivity contribution in [3.05, 3.63) is 82.2 Å². The molecule has 0 saturated heterocycles. The third-order valence-corrected chi connectivity index (χ3v) is 7.22. The minimum atomic E-state index is -1.26. The zero-order valence-electron chi connectivity index (χ0n) is 21.9. The van der Waals surface area contributed by atoms with Crippen molar-refractivity contribution in [1.82, 2.24) is 24.6 Å². The van der Waals surface area contributed by atoms with E-state index in [0.717, 1.165) is 5.56 Å². The Morgan fingerprint density at radius 1 is 1.10 bits per heavy atom. The van der Waals surface area contributed by atoms with Gasteiger partial charge in [-0.05, 0) is 49.7 Å². The van der Waals surface area contributed by atoms with Gasteiger partial charge >= 0.3 is 0 Å². The lowest BCUT2D eigenvalue weighted by Crippen LogP contribution is -2.45. The SMILES string of the molecule is C[C@H](NC(=O)c1cnc2n1[C@](C)(Cc1ccc(N)cc1)C(=O)N2c1cc(Cl)cc(Cl)c1)C(=O)Nc1ccnn1C. The number of benzene rings is 2. The lowest BCUT2D eigenvalue weighted by molar-refractivity contribution is -0.124. The molecule has 40 heavy (non-hydrogen) atoms. The monoisotopic (exact) mass is 580 g/mol. The van der Waals surface area contributed by atoms with Gasteiger partial charge in [-0.25, -0.2) is 9.88 Å². The number of aryl methyl sites for hydroxylation is 1. The minimum Gasteiger partial charge on any atom is -0.399 e. The number of nitrogen functional groups attached to an aromatic ring is 1. The first-order valence-corrected chi connectivity index (χ1v) is 13.1. The molecule has 11 nitrogen and oxygen atoms in total. The maximum Gasteiger partial charge on any atom is 0.270 e. The molecule has 2 aromatic carbocycles. The van der Waals surface area contributed by atoms with Gasteiger partial charge in [-0.15, -0.1) is 0 Å². The quantitative estimate of drug-likeness (QED) is 0.283. The summed E-state index contributed by atoms with van der Waals surface area (Å²) in [5.41, 5.74) is 6.53. The normalized spacial score (nSPS) is 17.0. The van der Waals surface area contributed by atoms with Crippen LogP contribution in [0.15, 0.2) is 60.9 Å². The van der Waals surface area contributed by atoms with Crippen molar-refractivity contribution in [2.45, 2.75) is 31.8 Å². The Kier molecular flexibility index (Phi) is 7.03. The average molecular weight is 581 g/mol. The third-order valence-electron chi connectivity index (χ3n) is 6.78. The highest BCUT2D eigenvalue weighted by molar-refractivity contribution is 6.35. The number of carbonyl (C=O) groups excluding carboxylic acids is 3. The predicted molar refractivity (Wildman–Crippen MR) is 153 cm³/mol. The molecule has 0 radical (unpaired) electrons. The molecule has 206 valence electrons. The fourth-order valence-electron chi connectivity index (χ4n) is 4.73. The number of hydrogen-bond acceptors (Lipinski definition) is 6. The van der Waals surface area contributed by atoms with E-state index in [1.165, 1.54) is 15.8 Å². The molecule has 1 aliphatic rings. The Morgan fingerprint density at radius 2 is 1.77 bits per heavy atom. The van der Waals surface area contributed by atoms with Crippen molar-refractivity contribution < 1.29 is 14.4 Å². The number of imidazole rings is 1. The molecular formula is C27H26Cl2N8O3. The summed E-state index contributed by atoms with van der Waals surface area (Å²) in [5.74, 6) is -0.642. The Balaban J connectivity index is 1.51. The van der Waals surface area contributed by atoms with Crippen molar-refractivity contribution in [2.75, 3.05) is 16.0 Å². The van der Waals surface area contributed by atoms with Gasteiger partial charge in [-0.3, -0.25) is 23.6 Å². The van der Waals surface area contributed by atoms with Gasteiger partial charge in [0.1, 0.15) is 23.1 Å². The number of nitrogens with one attached hydrogen (secondary N) is 2. The highest BCUT2D eigenvalue weighted by Crippen LogP contribution is 2.43. The molecule has 4 N–H and O–H groups in total. The van der Waals surface area contributed by atoms with E-state index in [9.17, 15) is 14.4 Å². The summed E-state index contributed by atoms with van der Waals surface area (Å²) in [5, 5.41) is 10.1. The molecule has 2 atom stereocenters. The predicted octanol–water partition coefficient (Wildman–Crippen LogP) is 3.90. The van der Waals surface area contributed by atoms with Gasteiger partial charge in [0.25, 0.3) is 11.8 Å². The van der Waals surface area contributed by atoms with Crippen LogP contribution in [-0.2, 0) is 28.6 Å². The molecule has 1 aliphatic heterocycles. The Bertz CT molecular complexity index is 1610. The summed E-state index contributed by atoms with van der Waals surface area (Å²) in [6, 6.07) is 12.6. The van der Waals surface area contributed by atoms with Crippen molar-refractivity contribution in [1.29, 1.82) is 0 Å². The van der Waals surface area contributed by atoms with Crippen LogP contribution in [-0.4, -0.2) is 43.1 Å². The van der Waals surface area contributed by atoms with Gasteiger partial charge in [0.05, 0.1) is 18.1 Å². The second-order valence-electron chi connectivity index (χ2n) is 9.76. The Labute approximate surface area is 239 Å². The summed E-state index contributed by atoms with van der Waals surface area (Å²) < 4.78 is 3.09. The highest BCUT2D eigenvalue weighted by Gasteiger charge is 2.51. The zero-order valence-corrected chi connectivity index (χ0v) is 23.4. The molecule has 5 rings (SSSR count). The zero-order chi connectivity index (χ0) is 28.8. The van der Waals surface area contributed by atoms with Crippen LogP contribution in [0.5, 0.6) is 0 Å². The van der Waals surface area contributed by atoms with Crippen LogP contribution in [0.1, 0.15) is 29.9 Å². The first kappa shape index (κ1) is 27.2. The summed E-state index contributed by atoms with van der Waals surface area (Å²) in [6.07, 6.45) is 3.16. The maximum atomic E-state index is 14.1. The average Bonchev–Trinajstić information content (AvgIpc) is 3.56. The van der Waals surface area contributed by atoms with Crippen LogP contribution < -0.4 is 21.3 Å². The van der Waals surface area contributed by atoms with E-state index in [0.29, 0.717) is 27.2 Å². The molecule has 0 spiro atoms. The molecule has 4 aromatic rings. The molecule has 0 saturated carbocycles. The number of fused-ring (bicyclic) bond motifs is 1. The molecule has 0 bridgehead atoms. The number of anilines is 4. The summed E-state index contributed by atoms with van der Waals surface area (Å²) in [6.45, 7) is 3.29. The van der Waals surface area contributed by atoms with Crippen molar-refractivity contribution in [2.24, 2.45) is 7.05 Å². The van der Waals surface area contributed by atoms with Crippen LogP contribution >= 0.6 is 23.2 Å². The van der Waals surface area contributed by atoms with Crippen LogP contribution in [0, 0.1) is 0 Å². The van der Waals surface area contributed by atoms with Crippen molar-refractivity contribution >= 4 is 64.1 Å². The number of nitrogens with zero attached hydrogens (tertiary/aromatic N) is 5. The number of amides is 3. The van der Waals surface area contributed by atoms with Crippen LogP contribution in [0.3, 0.4) is 0 Å². The molecule has 0 aliphatic carbocycles. The van der Waals surface area contributed by atoms with Crippen molar-refractivity contribution in [3.8, 4) is 0 Å². The van der Waals surface area contributed by atoms with E-state index in [4.69, 9.17) is 28.9 Å². The first-order chi connectivity index (χ1) is 19.0. The van der Waals surface area contributed by atoms with Gasteiger partial charge in [-0.1, -0.05) is 35.3 Å². The highest BCUT2D eigenvalue weighted by atomic mass is 35.5. The van der Waals surface area contributed by atoms with Crippen LogP contribution in [0.25, 0.3) is 0 Å². The molecule has 0 fully saturated rings. The molecule has 0 unspecified atom stereocenters. The van der Waals surface area contributed by atoms with Crippen molar-refractivity contribution in [3.63, 3.8) is 0 Å². The summed E-state index contributed by atoms with van der Waals surface area (Å²) in [7, 11) is 1.69. The number of nitrogens with two attached hydrogens (primary N) is 1. The minimum absolute atomic E-state index is 0.108. The second kappa shape index (κ2) is 10.3. The van der Waals surface area contributed by atoms with E-state index in [1.54, 1.807) is 68.1 Å². The smallest absolute Gasteiger partial charge is 0.270 e. The maximum absolute atomic E-state index is 14.1. The molecule has 3 heterocycles. The standard InChI is InChI=1S/C27H26Cl2N8O3/c1-15(23(38)34-22-8-9-32-35(22)3)33-24(39)21-14-31-26-36(20-11-17(28)10-18(29)12-20)25(40)27(2,37(21)26)13-16-4-6-19(30)7-5-16/h4-12,14-15H,13,30H2,1-3H3,(H,33,39)(H,34,38)/t15-,27+/m0/s1. The number of rotatable bonds is 7. The number of halogens is 2. The topological polar surface area (TPSA) is 140 Å². The van der Waals surface area contributed by atoms with E-state index >= 15 is 0 Å². The van der Waals surface area contributed by atoms with Gasteiger partial charge < -0.3 is 16.4 Å². The summed E-state index contributed by atoms with van der Waals surface area (Å²) >= 11 is 12.5. The molecule has 2 aromatic heterocycles. The number of hydrogen-bond donors (Lipinski definition) is 3. The molecular weight excluding hydrogens is 555 g/mol. The lowest BCUT2D eigenvalue weighted by atomic mass is 9.91. The Morgan fingerprint density at radius 3 is 2.40 bits per heavy atom. The molecule has 3 amide bonds. The van der Waals surface area contributed by atoms with Crippen LogP contribution in [0.2, 0.25) is 10.0 Å². The van der Waals surface area contributed by atoms with Gasteiger partial charge in [-0.2, -0.15) is 5.10 Å². The van der Waals surface area contributed by atoms with E-state index < -0.39 is 23.4 Å². The van der Waals surface area contributed by atoms with Gasteiger partial charge in [0.15, 0.2) is 0 Å². The fourth-order valence-corrected chi connectivity index (χ4v) is 5.24. The Hall–Kier alpha value is -4.35. The first-order valence-electron chi connectivity index (χ1n) is 12.3. The van der Waals surface area contributed by atoms with Gasteiger partial charge in [0.2, 0.25) is 11.9 Å². The van der Waals surface area contributed by atoms with E-state index in [2.05, 4.69) is 20.7 Å². The van der Waals surface area contributed by atoms with Gasteiger partial charge in [0, 0.05) is 35.3 Å². The van der Waals surface area contributed by atoms with E-state index in [1.807, 2.05) is 12.1 Å².